The molecule has 0 spiro atoms. The van der Waals surface area contributed by atoms with Crippen LogP contribution in [0.15, 0.2) is 35.3 Å². The second-order valence-corrected chi connectivity index (χ2v) is 4.44. The van der Waals surface area contributed by atoms with Gasteiger partial charge in [0.2, 0.25) is 0 Å². The fraction of sp³-hybridized carbons (Fsp3) is 0.500. The van der Waals surface area contributed by atoms with Crippen LogP contribution in [-0.4, -0.2) is 32.7 Å². The van der Waals surface area contributed by atoms with Gasteiger partial charge >= 0.3 is 0 Å². The van der Waals surface area contributed by atoms with Gasteiger partial charge < -0.3 is 15.4 Å². The van der Waals surface area contributed by atoms with Crippen molar-refractivity contribution in [2.24, 2.45) is 10.9 Å². The lowest BCUT2D eigenvalue weighted by molar-refractivity contribution is 0.322. The molecular weight excluding hydrogens is 226 g/mol. The Morgan fingerprint density at radius 2 is 1.94 bits per heavy atom. The van der Waals surface area contributed by atoms with E-state index in [1.54, 1.807) is 7.05 Å². The van der Waals surface area contributed by atoms with E-state index in [0.717, 1.165) is 24.8 Å². The molecule has 1 rings (SSSR count). The van der Waals surface area contributed by atoms with Crippen molar-refractivity contribution in [3.05, 3.63) is 30.3 Å². The highest BCUT2D eigenvalue weighted by Crippen LogP contribution is 2.07. The summed E-state index contributed by atoms with van der Waals surface area (Å²) in [7, 11) is 1.77. The lowest BCUT2D eigenvalue weighted by Crippen LogP contribution is -2.40. The van der Waals surface area contributed by atoms with E-state index >= 15 is 0 Å². The summed E-state index contributed by atoms with van der Waals surface area (Å²) in [4.78, 5) is 4.14. The maximum atomic E-state index is 5.58. The fourth-order valence-corrected chi connectivity index (χ4v) is 1.38. The molecule has 0 saturated carbocycles. The third-order valence-electron chi connectivity index (χ3n) is 2.31. The van der Waals surface area contributed by atoms with Crippen molar-refractivity contribution in [3.63, 3.8) is 0 Å². The lowest BCUT2D eigenvalue weighted by atomic mass is 10.2. The predicted octanol–water partition coefficient (Wildman–Crippen LogP) is 1.89. The van der Waals surface area contributed by atoms with Crippen LogP contribution in [0.25, 0.3) is 0 Å². The summed E-state index contributed by atoms with van der Waals surface area (Å²) in [6.07, 6.45) is 0. The Balaban J connectivity index is 2.16. The molecule has 0 aliphatic carbocycles. The molecule has 0 fully saturated rings. The largest absolute Gasteiger partial charge is 0.492 e. The van der Waals surface area contributed by atoms with Crippen molar-refractivity contribution >= 4 is 5.96 Å². The second kappa shape index (κ2) is 8.39. The molecule has 0 aliphatic heterocycles. The Labute approximate surface area is 109 Å². The number of rotatable bonds is 6. The van der Waals surface area contributed by atoms with Crippen LogP contribution in [0.1, 0.15) is 13.8 Å². The summed E-state index contributed by atoms with van der Waals surface area (Å²) < 4.78 is 5.58. The Hall–Kier alpha value is -1.71. The fourth-order valence-electron chi connectivity index (χ4n) is 1.38. The number of nitrogens with one attached hydrogen (secondary N) is 2. The van der Waals surface area contributed by atoms with Crippen LogP contribution in [-0.2, 0) is 0 Å². The highest BCUT2D eigenvalue weighted by molar-refractivity contribution is 5.79. The van der Waals surface area contributed by atoms with Gasteiger partial charge in [-0.15, -0.1) is 0 Å². The van der Waals surface area contributed by atoms with Crippen molar-refractivity contribution in [2.45, 2.75) is 13.8 Å². The van der Waals surface area contributed by atoms with Crippen LogP contribution in [0.4, 0.5) is 0 Å². The molecule has 0 radical (unpaired) electrons. The Morgan fingerprint density at radius 3 is 2.56 bits per heavy atom. The van der Waals surface area contributed by atoms with E-state index < -0.39 is 0 Å². The monoisotopic (exact) mass is 249 g/mol. The molecule has 2 N–H and O–H groups in total. The van der Waals surface area contributed by atoms with Gasteiger partial charge in [-0.25, -0.2) is 0 Å². The average Bonchev–Trinajstić information content (AvgIpc) is 2.39. The van der Waals surface area contributed by atoms with Gasteiger partial charge in [0.05, 0.1) is 6.54 Å². The van der Waals surface area contributed by atoms with Gasteiger partial charge in [0.15, 0.2) is 5.96 Å². The molecule has 0 heterocycles. The number of guanidine groups is 1. The summed E-state index contributed by atoms with van der Waals surface area (Å²) >= 11 is 0. The van der Waals surface area contributed by atoms with Crippen LogP contribution in [0.3, 0.4) is 0 Å². The summed E-state index contributed by atoms with van der Waals surface area (Å²) in [5.74, 6) is 2.31. The van der Waals surface area contributed by atoms with E-state index in [-0.39, 0.29) is 0 Å². The first-order valence-electron chi connectivity index (χ1n) is 6.34. The van der Waals surface area contributed by atoms with Crippen LogP contribution in [0, 0.1) is 5.92 Å². The molecule has 18 heavy (non-hydrogen) atoms. The van der Waals surface area contributed by atoms with Gasteiger partial charge in [-0.05, 0) is 18.1 Å². The van der Waals surface area contributed by atoms with E-state index in [2.05, 4.69) is 29.5 Å². The van der Waals surface area contributed by atoms with Crippen molar-refractivity contribution in [3.8, 4) is 5.75 Å². The van der Waals surface area contributed by atoms with E-state index in [9.17, 15) is 0 Å². The van der Waals surface area contributed by atoms with Crippen molar-refractivity contribution in [1.82, 2.24) is 10.6 Å². The number of ether oxygens (including phenoxy) is 1. The van der Waals surface area contributed by atoms with Crippen LogP contribution >= 0.6 is 0 Å². The van der Waals surface area contributed by atoms with Crippen LogP contribution < -0.4 is 15.4 Å². The zero-order valence-electron chi connectivity index (χ0n) is 11.4. The third-order valence-corrected chi connectivity index (χ3v) is 2.31. The minimum absolute atomic E-state index is 0.601. The molecule has 1 aromatic carbocycles. The summed E-state index contributed by atoms with van der Waals surface area (Å²) in [5, 5.41) is 6.46. The molecule has 0 aromatic heterocycles. The summed E-state index contributed by atoms with van der Waals surface area (Å²) in [5.41, 5.74) is 0. The molecule has 0 aliphatic rings. The molecule has 4 nitrogen and oxygen atoms in total. The second-order valence-electron chi connectivity index (χ2n) is 4.44. The van der Waals surface area contributed by atoms with E-state index in [0.29, 0.717) is 12.5 Å². The number of hydrogen-bond acceptors (Lipinski definition) is 2. The smallest absolute Gasteiger partial charge is 0.191 e. The van der Waals surface area contributed by atoms with Crippen molar-refractivity contribution < 1.29 is 4.74 Å². The van der Waals surface area contributed by atoms with E-state index in [1.807, 2.05) is 30.3 Å². The highest BCUT2D eigenvalue weighted by atomic mass is 16.5. The molecule has 1 aromatic rings. The third kappa shape index (κ3) is 6.13. The van der Waals surface area contributed by atoms with Gasteiger partial charge in [-0.3, -0.25) is 4.99 Å². The van der Waals surface area contributed by atoms with Gasteiger partial charge in [-0.2, -0.15) is 0 Å². The standard InChI is InChI=1S/C14H23N3O/c1-12(2)11-17-14(15-3)16-9-10-18-13-7-5-4-6-8-13/h4-8,12H,9-11H2,1-3H3,(H2,15,16,17). The minimum atomic E-state index is 0.601. The average molecular weight is 249 g/mol. The lowest BCUT2D eigenvalue weighted by Gasteiger charge is -2.13. The maximum absolute atomic E-state index is 5.58. The quantitative estimate of drug-likeness (QED) is 0.460. The van der Waals surface area contributed by atoms with Crippen LogP contribution in [0.5, 0.6) is 5.75 Å². The molecule has 0 bridgehead atoms. The van der Waals surface area contributed by atoms with Crippen molar-refractivity contribution in [2.75, 3.05) is 26.7 Å². The summed E-state index contributed by atoms with van der Waals surface area (Å²) in [6.45, 7) is 6.59. The van der Waals surface area contributed by atoms with Gasteiger partial charge in [-0.1, -0.05) is 32.0 Å². The first-order chi connectivity index (χ1) is 8.72. The highest BCUT2D eigenvalue weighted by Gasteiger charge is 1.98. The zero-order valence-corrected chi connectivity index (χ0v) is 11.4. The number of nitrogens with zero attached hydrogens (tertiary/aromatic N) is 1. The number of hydrogen-bond donors (Lipinski definition) is 2. The molecule has 0 atom stereocenters. The Bertz CT molecular complexity index is 349. The predicted molar refractivity (Wildman–Crippen MR) is 76.1 cm³/mol. The topological polar surface area (TPSA) is 45.7 Å². The molecular formula is C14H23N3O. The Morgan fingerprint density at radius 1 is 1.22 bits per heavy atom. The van der Waals surface area contributed by atoms with Crippen molar-refractivity contribution in [1.29, 1.82) is 0 Å². The SMILES string of the molecule is CN=C(NCCOc1ccccc1)NCC(C)C. The number of para-hydroxylation sites is 1. The molecule has 0 saturated heterocycles. The normalized spacial score (nSPS) is 11.4. The van der Waals surface area contributed by atoms with Gasteiger partial charge in [0.25, 0.3) is 0 Å². The Kier molecular flexibility index (Phi) is 6.69. The molecule has 100 valence electrons. The number of benzene rings is 1. The number of aliphatic imine (C=N–C) groups is 1. The molecule has 0 amide bonds. The van der Waals surface area contributed by atoms with E-state index in [4.69, 9.17) is 4.74 Å². The van der Waals surface area contributed by atoms with E-state index in [1.165, 1.54) is 0 Å². The first-order valence-corrected chi connectivity index (χ1v) is 6.34. The maximum Gasteiger partial charge on any atom is 0.191 e. The van der Waals surface area contributed by atoms with Gasteiger partial charge in [0.1, 0.15) is 12.4 Å². The first kappa shape index (κ1) is 14.4. The zero-order chi connectivity index (χ0) is 13.2. The van der Waals surface area contributed by atoms with Crippen LogP contribution in [0.2, 0.25) is 0 Å². The summed E-state index contributed by atoms with van der Waals surface area (Å²) in [6, 6.07) is 9.80. The van der Waals surface area contributed by atoms with Gasteiger partial charge in [0, 0.05) is 13.6 Å². The molecule has 0 unspecified atom stereocenters. The molecule has 4 heteroatoms. The minimum Gasteiger partial charge on any atom is -0.492 e.